The fraction of sp³-hybridized carbons (Fsp3) is 0.750. The van der Waals surface area contributed by atoms with Gasteiger partial charge in [0, 0.05) is 20.7 Å². The van der Waals surface area contributed by atoms with Gasteiger partial charge in [-0.1, -0.05) is 0 Å². The van der Waals surface area contributed by atoms with Crippen LogP contribution in [0, 0.1) is 0 Å². The van der Waals surface area contributed by atoms with E-state index in [-0.39, 0.29) is 12.3 Å². The summed E-state index contributed by atoms with van der Waals surface area (Å²) in [7, 11) is 3.14. The summed E-state index contributed by atoms with van der Waals surface area (Å²) in [6.07, 6.45) is -0.129. The molecule has 0 saturated carbocycles. The van der Waals surface area contributed by atoms with Crippen LogP contribution in [0.5, 0.6) is 0 Å². The molecule has 2 amide bonds. The summed E-state index contributed by atoms with van der Waals surface area (Å²) in [5, 5.41) is 0. The number of methoxy groups -OCH3 is 1. The van der Waals surface area contributed by atoms with Crippen molar-refractivity contribution in [3.05, 3.63) is 0 Å². The minimum atomic E-state index is -0.852. The monoisotopic (exact) mass is 203 g/mol. The third-order valence-electron chi connectivity index (χ3n) is 1.75. The van der Waals surface area contributed by atoms with Gasteiger partial charge in [0.05, 0.1) is 19.1 Å². The molecule has 0 aromatic carbocycles. The largest absolute Gasteiger partial charge is 0.383 e. The summed E-state index contributed by atoms with van der Waals surface area (Å²) in [6.45, 7) is 0.882. The summed E-state index contributed by atoms with van der Waals surface area (Å²) in [5.41, 5.74) is 10.4. The van der Waals surface area contributed by atoms with Crippen molar-refractivity contribution in [2.24, 2.45) is 11.5 Å². The number of primary amides is 1. The quantitative estimate of drug-likeness (QED) is 0.537. The summed E-state index contributed by atoms with van der Waals surface area (Å²) in [4.78, 5) is 23.3. The van der Waals surface area contributed by atoms with Crippen molar-refractivity contribution in [2.75, 3.05) is 27.3 Å². The lowest BCUT2D eigenvalue weighted by atomic mass is 10.2. The van der Waals surface area contributed by atoms with Gasteiger partial charge in [-0.15, -0.1) is 0 Å². The molecule has 0 aliphatic carbocycles. The Hall–Kier alpha value is -1.14. The second kappa shape index (κ2) is 6.33. The molecule has 0 bridgehead atoms. The average molecular weight is 203 g/mol. The van der Waals surface area contributed by atoms with Crippen molar-refractivity contribution >= 4 is 11.8 Å². The maximum atomic E-state index is 11.4. The Labute approximate surface area is 83.2 Å². The molecule has 0 spiro atoms. The van der Waals surface area contributed by atoms with Crippen molar-refractivity contribution in [1.29, 1.82) is 0 Å². The molecule has 0 saturated heterocycles. The van der Waals surface area contributed by atoms with E-state index in [0.29, 0.717) is 13.2 Å². The van der Waals surface area contributed by atoms with Crippen molar-refractivity contribution in [3.8, 4) is 0 Å². The number of carbonyl (C=O) groups is 2. The number of nitrogens with zero attached hydrogens (tertiary/aromatic N) is 1. The zero-order valence-corrected chi connectivity index (χ0v) is 8.53. The highest BCUT2D eigenvalue weighted by Gasteiger charge is 2.19. The number of ether oxygens (including phenoxy) is 1. The van der Waals surface area contributed by atoms with Gasteiger partial charge < -0.3 is 21.1 Å². The molecule has 0 aromatic heterocycles. The number of hydrogen-bond acceptors (Lipinski definition) is 4. The van der Waals surface area contributed by atoms with Crippen molar-refractivity contribution in [1.82, 2.24) is 4.90 Å². The van der Waals surface area contributed by atoms with Crippen LogP contribution in [0.3, 0.4) is 0 Å². The highest BCUT2D eigenvalue weighted by atomic mass is 16.5. The van der Waals surface area contributed by atoms with E-state index in [2.05, 4.69) is 0 Å². The fourth-order valence-corrected chi connectivity index (χ4v) is 0.926. The van der Waals surface area contributed by atoms with Crippen LogP contribution >= 0.6 is 0 Å². The summed E-state index contributed by atoms with van der Waals surface area (Å²) in [6, 6.07) is -0.852. The van der Waals surface area contributed by atoms with Crippen molar-refractivity contribution in [2.45, 2.75) is 12.5 Å². The third-order valence-corrected chi connectivity index (χ3v) is 1.75. The number of rotatable bonds is 6. The first-order valence-corrected chi connectivity index (χ1v) is 4.26. The molecule has 1 unspecified atom stereocenters. The van der Waals surface area contributed by atoms with Gasteiger partial charge in [0.1, 0.15) is 0 Å². The topological polar surface area (TPSA) is 98.7 Å². The van der Waals surface area contributed by atoms with Crippen LogP contribution in [0.1, 0.15) is 6.42 Å². The SMILES string of the molecule is COCCN(C)C(=O)C(N)CC(N)=O. The second-order valence-electron chi connectivity index (χ2n) is 3.03. The minimum absolute atomic E-state index is 0.129. The Bertz CT molecular complexity index is 208. The summed E-state index contributed by atoms with van der Waals surface area (Å²) in [5.74, 6) is -0.883. The number of likely N-dealkylation sites (N-methyl/N-ethyl adjacent to an activating group) is 1. The van der Waals surface area contributed by atoms with Gasteiger partial charge in [0.2, 0.25) is 11.8 Å². The number of carbonyl (C=O) groups excluding carboxylic acids is 2. The summed E-state index contributed by atoms with van der Waals surface area (Å²) < 4.78 is 4.80. The number of amides is 2. The zero-order chi connectivity index (χ0) is 11.1. The molecular weight excluding hydrogens is 186 g/mol. The first-order chi connectivity index (χ1) is 6.49. The highest BCUT2D eigenvalue weighted by Crippen LogP contribution is 1.94. The van der Waals surface area contributed by atoms with Gasteiger partial charge in [-0.2, -0.15) is 0 Å². The van der Waals surface area contributed by atoms with Crippen LogP contribution in [0.25, 0.3) is 0 Å². The fourth-order valence-electron chi connectivity index (χ4n) is 0.926. The minimum Gasteiger partial charge on any atom is -0.383 e. The van der Waals surface area contributed by atoms with Gasteiger partial charge >= 0.3 is 0 Å². The van der Waals surface area contributed by atoms with E-state index in [1.165, 1.54) is 4.90 Å². The molecule has 0 heterocycles. The predicted octanol–water partition coefficient (Wildman–Crippen LogP) is -1.71. The third kappa shape index (κ3) is 4.78. The lowest BCUT2D eigenvalue weighted by Gasteiger charge is -2.19. The van der Waals surface area contributed by atoms with E-state index in [0.717, 1.165) is 0 Å². The maximum Gasteiger partial charge on any atom is 0.239 e. The molecule has 0 aliphatic heterocycles. The van der Waals surface area contributed by atoms with E-state index >= 15 is 0 Å². The standard InChI is InChI=1S/C8H17N3O3/c1-11(3-4-14-2)8(13)6(9)5-7(10)12/h6H,3-5,9H2,1-2H3,(H2,10,12). The lowest BCUT2D eigenvalue weighted by Crippen LogP contribution is -2.44. The Morgan fingerprint density at radius 2 is 2.07 bits per heavy atom. The van der Waals surface area contributed by atoms with E-state index in [1.54, 1.807) is 14.2 Å². The maximum absolute atomic E-state index is 11.4. The van der Waals surface area contributed by atoms with E-state index in [4.69, 9.17) is 16.2 Å². The van der Waals surface area contributed by atoms with Gasteiger partial charge in [-0.25, -0.2) is 0 Å². The molecule has 0 aromatic rings. The van der Waals surface area contributed by atoms with E-state index in [9.17, 15) is 9.59 Å². The molecule has 0 radical (unpaired) electrons. The van der Waals surface area contributed by atoms with Crippen LogP contribution in [-0.2, 0) is 14.3 Å². The number of nitrogens with two attached hydrogens (primary N) is 2. The first kappa shape index (κ1) is 12.9. The van der Waals surface area contributed by atoms with E-state index in [1.807, 2.05) is 0 Å². The molecule has 0 rings (SSSR count). The van der Waals surface area contributed by atoms with Crippen molar-refractivity contribution < 1.29 is 14.3 Å². The lowest BCUT2D eigenvalue weighted by molar-refractivity contribution is -0.133. The summed E-state index contributed by atoms with van der Waals surface area (Å²) >= 11 is 0. The van der Waals surface area contributed by atoms with Crippen LogP contribution < -0.4 is 11.5 Å². The molecule has 4 N–H and O–H groups in total. The normalized spacial score (nSPS) is 12.2. The van der Waals surface area contributed by atoms with Gasteiger partial charge in [-0.3, -0.25) is 9.59 Å². The average Bonchev–Trinajstić information content (AvgIpc) is 2.11. The van der Waals surface area contributed by atoms with E-state index < -0.39 is 11.9 Å². The smallest absolute Gasteiger partial charge is 0.239 e. The van der Waals surface area contributed by atoms with Gasteiger partial charge in [0.15, 0.2) is 0 Å². The Kier molecular flexibility index (Phi) is 5.82. The molecule has 0 fully saturated rings. The molecular formula is C8H17N3O3. The van der Waals surface area contributed by atoms with Crippen LogP contribution in [0.4, 0.5) is 0 Å². The molecule has 1 atom stereocenters. The Morgan fingerprint density at radius 3 is 2.50 bits per heavy atom. The second-order valence-corrected chi connectivity index (χ2v) is 3.03. The molecule has 6 heteroatoms. The highest BCUT2D eigenvalue weighted by molar-refractivity contribution is 5.87. The number of hydrogen-bond donors (Lipinski definition) is 2. The van der Waals surface area contributed by atoms with Gasteiger partial charge in [-0.05, 0) is 0 Å². The van der Waals surface area contributed by atoms with Crippen molar-refractivity contribution in [3.63, 3.8) is 0 Å². The Balaban J connectivity index is 3.97. The molecule has 14 heavy (non-hydrogen) atoms. The Morgan fingerprint density at radius 1 is 1.50 bits per heavy atom. The van der Waals surface area contributed by atoms with Crippen LogP contribution in [0.15, 0.2) is 0 Å². The van der Waals surface area contributed by atoms with Gasteiger partial charge in [0.25, 0.3) is 0 Å². The first-order valence-electron chi connectivity index (χ1n) is 4.26. The molecule has 82 valence electrons. The predicted molar refractivity (Wildman–Crippen MR) is 51.3 cm³/mol. The van der Waals surface area contributed by atoms with Crippen LogP contribution in [0.2, 0.25) is 0 Å². The molecule has 0 aliphatic rings. The zero-order valence-electron chi connectivity index (χ0n) is 8.53. The molecule has 6 nitrogen and oxygen atoms in total. The van der Waals surface area contributed by atoms with Crippen LogP contribution in [-0.4, -0.2) is 50.1 Å².